The summed E-state index contributed by atoms with van der Waals surface area (Å²) in [6.07, 6.45) is 0. The Kier molecular flexibility index (Phi) is 8.58. The summed E-state index contributed by atoms with van der Waals surface area (Å²) in [5, 5.41) is 23.0. The number of nitrogens with one attached hydrogen (secondary N) is 1. The molecule has 0 radical (unpaired) electrons. The third kappa shape index (κ3) is 5.18. The van der Waals surface area contributed by atoms with Crippen molar-refractivity contribution in [1.82, 2.24) is 5.32 Å². The molecular weight excluding hydrogens is 322 g/mol. The second-order valence-electron chi connectivity index (χ2n) is 4.63. The first-order valence-electron chi connectivity index (χ1n) is 7.41. The van der Waals surface area contributed by atoms with Crippen LogP contribution < -0.4 is 5.32 Å². The van der Waals surface area contributed by atoms with Crippen LogP contribution in [0.15, 0.2) is 34.1 Å². The second kappa shape index (κ2) is 10.2. The molecule has 2 rings (SSSR count). The Morgan fingerprint density at radius 2 is 1.17 bits per heavy atom. The Bertz CT molecular complexity index is 680. The summed E-state index contributed by atoms with van der Waals surface area (Å²) in [6, 6.07) is 12.1. The minimum atomic E-state index is 0.448. The van der Waals surface area contributed by atoms with Crippen LogP contribution in [0, 0.1) is 22.7 Å². The molecule has 5 heteroatoms. The maximum absolute atomic E-state index is 9.11. The van der Waals surface area contributed by atoms with Gasteiger partial charge in [0.1, 0.15) is 12.1 Å². The highest BCUT2D eigenvalue weighted by Crippen LogP contribution is 2.35. The van der Waals surface area contributed by atoms with Gasteiger partial charge in [-0.3, -0.25) is 0 Å². The summed E-state index contributed by atoms with van der Waals surface area (Å²) in [5.41, 5.74) is 0.895. The van der Waals surface area contributed by atoms with Crippen LogP contribution in [0.4, 0.5) is 0 Å². The highest BCUT2D eigenvalue weighted by atomic mass is 32.2. The van der Waals surface area contributed by atoms with E-state index in [1.165, 1.54) is 9.79 Å². The SMILES string of the molecule is CCSc1cc2cc(C#N)c(C#N)cc2cc1SCC.CNC. The molecule has 3 nitrogen and oxygen atoms in total. The van der Waals surface area contributed by atoms with Crippen molar-refractivity contribution in [2.24, 2.45) is 0 Å². The van der Waals surface area contributed by atoms with Gasteiger partial charge in [0.05, 0.1) is 11.1 Å². The molecule has 0 heterocycles. The summed E-state index contributed by atoms with van der Waals surface area (Å²) in [7, 11) is 3.75. The van der Waals surface area contributed by atoms with Gasteiger partial charge in [0.15, 0.2) is 0 Å². The monoisotopic (exact) mass is 343 g/mol. The average Bonchev–Trinajstić information content (AvgIpc) is 2.55. The van der Waals surface area contributed by atoms with Crippen LogP contribution >= 0.6 is 23.5 Å². The van der Waals surface area contributed by atoms with E-state index in [0.717, 1.165) is 22.3 Å². The molecule has 0 saturated heterocycles. The van der Waals surface area contributed by atoms with Gasteiger partial charge >= 0.3 is 0 Å². The number of fused-ring (bicyclic) bond motifs is 1. The summed E-state index contributed by atoms with van der Waals surface area (Å²) in [5.74, 6) is 2.04. The number of hydrogen-bond donors (Lipinski definition) is 1. The van der Waals surface area contributed by atoms with E-state index in [1.807, 2.05) is 49.8 Å². The van der Waals surface area contributed by atoms with E-state index in [9.17, 15) is 0 Å². The Balaban J connectivity index is 0.000000816. The summed E-state index contributed by atoms with van der Waals surface area (Å²) < 4.78 is 0. The molecule has 1 N–H and O–H groups in total. The molecule has 0 aliphatic heterocycles. The lowest BCUT2D eigenvalue weighted by Crippen LogP contribution is -1.89. The van der Waals surface area contributed by atoms with Gasteiger partial charge in [0, 0.05) is 9.79 Å². The number of benzene rings is 2. The number of thioether (sulfide) groups is 2. The molecule has 0 aromatic heterocycles. The predicted molar refractivity (Wildman–Crippen MR) is 101 cm³/mol. The quantitative estimate of drug-likeness (QED) is 0.819. The van der Waals surface area contributed by atoms with Crippen LogP contribution in [0.2, 0.25) is 0 Å². The predicted octanol–water partition coefficient (Wildman–Crippen LogP) is 4.64. The fourth-order valence-corrected chi connectivity index (χ4v) is 3.83. The molecule has 0 spiro atoms. The molecule has 2 aromatic carbocycles. The van der Waals surface area contributed by atoms with E-state index in [1.54, 1.807) is 0 Å². The van der Waals surface area contributed by atoms with E-state index in [4.69, 9.17) is 10.5 Å². The first-order valence-corrected chi connectivity index (χ1v) is 9.38. The minimum absolute atomic E-state index is 0.448. The van der Waals surface area contributed by atoms with Gasteiger partial charge in [0.25, 0.3) is 0 Å². The number of rotatable bonds is 4. The molecular formula is C18H21N3S2. The van der Waals surface area contributed by atoms with Crippen molar-refractivity contribution in [1.29, 1.82) is 10.5 Å². The summed E-state index contributed by atoms with van der Waals surface area (Å²) in [6.45, 7) is 4.27. The van der Waals surface area contributed by atoms with Gasteiger partial charge in [0.2, 0.25) is 0 Å². The van der Waals surface area contributed by atoms with Crippen molar-refractivity contribution in [2.45, 2.75) is 23.6 Å². The van der Waals surface area contributed by atoms with Crippen molar-refractivity contribution in [2.75, 3.05) is 25.6 Å². The number of nitrogens with zero attached hydrogens (tertiary/aromatic N) is 2. The van der Waals surface area contributed by atoms with E-state index in [0.29, 0.717) is 11.1 Å². The Labute approximate surface area is 147 Å². The molecule has 0 aliphatic rings. The largest absolute Gasteiger partial charge is 0.323 e. The van der Waals surface area contributed by atoms with Gasteiger partial charge in [-0.2, -0.15) is 10.5 Å². The maximum Gasteiger partial charge on any atom is 0.101 e. The van der Waals surface area contributed by atoms with Crippen molar-refractivity contribution in [3.8, 4) is 12.1 Å². The molecule has 0 aliphatic carbocycles. The van der Waals surface area contributed by atoms with E-state index in [-0.39, 0.29) is 0 Å². The third-order valence-electron chi connectivity index (χ3n) is 2.88. The topological polar surface area (TPSA) is 59.6 Å². The molecule has 0 unspecified atom stereocenters. The smallest absolute Gasteiger partial charge is 0.101 e. The van der Waals surface area contributed by atoms with Gasteiger partial charge < -0.3 is 5.32 Å². The molecule has 23 heavy (non-hydrogen) atoms. The van der Waals surface area contributed by atoms with E-state index < -0.39 is 0 Å². The van der Waals surface area contributed by atoms with Crippen LogP contribution in [0.1, 0.15) is 25.0 Å². The lowest BCUT2D eigenvalue weighted by molar-refractivity contribution is 1.02. The van der Waals surface area contributed by atoms with Crippen molar-refractivity contribution in [3.05, 3.63) is 35.4 Å². The average molecular weight is 344 g/mol. The van der Waals surface area contributed by atoms with Gasteiger partial charge in [-0.25, -0.2) is 0 Å². The van der Waals surface area contributed by atoms with Gasteiger partial charge in [-0.1, -0.05) is 13.8 Å². The molecule has 2 aromatic rings. The zero-order valence-corrected chi connectivity index (χ0v) is 15.6. The highest BCUT2D eigenvalue weighted by molar-refractivity contribution is 8.02. The first kappa shape index (κ1) is 19.4. The second-order valence-corrected chi connectivity index (χ2v) is 7.25. The van der Waals surface area contributed by atoms with Crippen LogP contribution in [0.3, 0.4) is 0 Å². The molecule has 0 amide bonds. The van der Waals surface area contributed by atoms with E-state index in [2.05, 4.69) is 43.4 Å². The Morgan fingerprint density at radius 3 is 1.43 bits per heavy atom. The summed E-state index contributed by atoms with van der Waals surface area (Å²) >= 11 is 3.62. The third-order valence-corrected chi connectivity index (χ3v) is 4.88. The lowest BCUT2D eigenvalue weighted by atomic mass is 10.0. The zero-order chi connectivity index (χ0) is 17.2. The molecule has 0 atom stereocenters. The number of nitriles is 2. The number of hydrogen-bond acceptors (Lipinski definition) is 5. The molecule has 0 fully saturated rings. The van der Waals surface area contributed by atoms with Crippen LogP contribution in [0.25, 0.3) is 10.8 Å². The molecule has 120 valence electrons. The summed E-state index contributed by atoms with van der Waals surface area (Å²) in [4.78, 5) is 2.50. The normalized spacial score (nSPS) is 9.65. The zero-order valence-electron chi connectivity index (χ0n) is 13.9. The molecule has 0 saturated carbocycles. The van der Waals surface area contributed by atoms with Gasteiger partial charge in [-0.05, 0) is 60.6 Å². The van der Waals surface area contributed by atoms with Crippen molar-refractivity contribution < 1.29 is 0 Å². The standard InChI is InChI=1S/C16H14N2S2.C2H7N/c1-3-19-15-7-11-5-13(9-17)14(10-18)6-12(11)8-16(15)20-4-2;1-3-2/h5-8H,3-4H2,1-2H3;3H,1-2H3. The van der Waals surface area contributed by atoms with Crippen LogP contribution in [0.5, 0.6) is 0 Å². The Hall–Kier alpha value is -1.66. The fourth-order valence-electron chi connectivity index (χ4n) is 2.03. The van der Waals surface area contributed by atoms with Crippen molar-refractivity contribution >= 4 is 34.3 Å². The van der Waals surface area contributed by atoms with Crippen LogP contribution in [-0.4, -0.2) is 25.6 Å². The van der Waals surface area contributed by atoms with E-state index >= 15 is 0 Å². The highest BCUT2D eigenvalue weighted by Gasteiger charge is 2.09. The first-order chi connectivity index (χ1) is 11.1. The maximum atomic E-state index is 9.11. The van der Waals surface area contributed by atoms with Crippen molar-refractivity contribution in [3.63, 3.8) is 0 Å². The van der Waals surface area contributed by atoms with Crippen LogP contribution in [-0.2, 0) is 0 Å². The molecule has 0 bridgehead atoms. The fraction of sp³-hybridized carbons (Fsp3) is 0.333. The Morgan fingerprint density at radius 1 is 0.826 bits per heavy atom. The van der Waals surface area contributed by atoms with Gasteiger partial charge in [-0.15, -0.1) is 23.5 Å². The minimum Gasteiger partial charge on any atom is -0.323 e. The lowest BCUT2D eigenvalue weighted by Gasteiger charge is -2.10.